The Hall–Kier alpha value is -2.28. The van der Waals surface area contributed by atoms with Gasteiger partial charge in [0.15, 0.2) is 0 Å². The van der Waals surface area contributed by atoms with E-state index in [9.17, 15) is 19.2 Å². The summed E-state index contributed by atoms with van der Waals surface area (Å²) in [4.78, 5) is 49.6. The van der Waals surface area contributed by atoms with Crippen LogP contribution in [0.15, 0.2) is 0 Å². The third-order valence-electron chi connectivity index (χ3n) is 14.7. The number of ether oxygens (including phenoxy) is 4. The fourth-order valence-electron chi connectivity index (χ4n) is 11.5. The molecule has 16 atom stereocenters. The standard InChI is InChI=1S/C40H68N4O8/c1-21-25(9-13-37(45)49-5)33-18-31-23(3)26(10-14-38(46)50-6)34(43-31)19-32-24(4)28(12-16-40(48)52-8)36(44-32)20-35-27(11-15-39(47)51-7)22(2)30(42-35)17-29(21)41-33/h21-36,41-44H,9-20H2,1-8H3. The number of hydrogen-bond donors (Lipinski definition) is 4. The van der Waals surface area contributed by atoms with Crippen LogP contribution in [0, 0.1) is 47.3 Å². The van der Waals surface area contributed by atoms with E-state index in [1.807, 2.05) is 0 Å². The summed E-state index contributed by atoms with van der Waals surface area (Å²) in [5, 5.41) is 16.4. The molecule has 0 radical (unpaired) electrons. The van der Waals surface area contributed by atoms with E-state index in [1.165, 1.54) is 28.4 Å². The van der Waals surface area contributed by atoms with Crippen molar-refractivity contribution in [3.8, 4) is 0 Å². The van der Waals surface area contributed by atoms with Crippen molar-refractivity contribution in [3.05, 3.63) is 0 Å². The van der Waals surface area contributed by atoms with Crippen molar-refractivity contribution in [2.45, 2.75) is 153 Å². The molecule has 8 bridgehead atoms. The van der Waals surface area contributed by atoms with Gasteiger partial charge in [-0.1, -0.05) is 27.7 Å². The molecule has 0 aliphatic carbocycles. The maximum absolute atomic E-state index is 12.4. The van der Waals surface area contributed by atoms with Crippen molar-refractivity contribution in [1.29, 1.82) is 0 Å². The van der Waals surface area contributed by atoms with Gasteiger partial charge in [0.2, 0.25) is 0 Å². The largest absolute Gasteiger partial charge is 0.469 e. The lowest BCUT2D eigenvalue weighted by Crippen LogP contribution is -2.45. The molecule has 4 N–H and O–H groups in total. The van der Waals surface area contributed by atoms with Crippen LogP contribution in [0.2, 0.25) is 0 Å². The number of carbonyl (C=O) groups excluding carboxylic acids is 4. The molecule has 296 valence electrons. The lowest BCUT2D eigenvalue weighted by Gasteiger charge is -2.28. The summed E-state index contributed by atoms with van der Waals surface area (Å²) in [5.41, 5.74) is 0. The second-order valence-electron chi connectivity index (χ2n) is 17.0. The van der Waals surface area contributed by atoms with Crippen molar-refractivity contribution >= 4 is 23.9 Å². The minimum atomic E-state index is -0.171. The highest BCUT2D eigenvalue weighted by Gasteiger charge is 2.51. The molecule has 0 aromatic carbocycles. The summed E-state index contributed by atoms with van der Waals surface area (Å²) >= 11 is 0. The second kappa shape index (κ2) is 18.4. The van der Waals surface area contributed by atoms with E-state index in [-0.39, 0.29) is 72.2 Å². The molecule has 0 saturated carbocycles. The number of rotatable bonds is 12. The maximum Gasteiger partial charge on any atom is 0.305 e. The number of nitrogens with one attached hydrogen (secondary N) is 4. The highest BCUT2D eigenvalue weighted by atomic mass is 16.5. The lowest BCUT2D eigenvalue weighted by molar-refractivity contribution is -0.142. The smallest absolute Gasteiger partial charge is 0.305 e. The maximum atomic E-state index is 12.4. The quantitative estimate of drug-likeness (QED) is 0.171. The average molecular weight is 733 g/mol. The van der Waals surface area contributed by atoms with Gasteiger partial charge in [0, 0.05) is 74.0 Å². The van der Waals surface area contributed by atoms with Crippen LogP contribution in [0.25, 0.3) is 0 Å². The Bertz CT molecular complexity index is 1240. The summed E-state index contributed by atoms with van der Waals surface area (Å²) in [6.45, 7) is 9.38. The van der Waals surface area contributed by atoms with Crippen molar-refractivity contribution < 1.29 is 38.1 Å². The van der Waals surface area contributed by atoms with Crippen LogP contribution in [0.4, 0.5) is 0 Å². The molecular weight excluding hydrogens is 664 g/mol. The molecule has 52 heavy (non-hydrogen) atoms. The van der Waals surface area contributed by atoms with Crippen LogP contribution >= 0.6 is 0 Å². The molecule has 5 aliphatic rings. The fraction of sp³-hybridized carbons (Fsp3) is 0.900. The van der Waals surface area contributed by atoms with Gasteiger partial charge in [-0.15, -0.1) is 0 Å². The van der Waals surface area contributed by atoms with E-state index in [2.05, 4.69) is 49.0 Å². The number of carbonyl (C=O) groups is 4. The Morgan fingerprint density at radius 1 is 0.385 bits per heavy atom. The molecule has 5 heterocycles. The average Bonchev–Trinajstić information content (AvgIpc) is 3.80. The highest BCUT2D eigenvalue weighted by molar-refractivity contribution is 5.70. The predicted octanol–water partition coefficient (Wildman–Crippen LogP) is 3.74. The first-order valence-electron chi connectivity index (χ1n) is 20.2. The minimum absolute atomic E-state index is 0.160. The van der Waals surface area contributed by atoms with Crippen LogP contribution in [0.1, 0.15) is 105 Å². The molecule has 12 nitrogen and oxygen atoms in total. The van der Waals surface area contributed by atoms with Gasteiger partial charge in [-0.3, -0.25) is 19.2 Å². The fourth-order valence-corrected chi connectivity index (χ4v) is 11.5. The molecule has 5 aliphatic heterocycles. The minimum Gasteiger partial charge on any atom is -0.469 e. The SMILES string of the molecule is COC(=O)CCC1C2CC3NC(CC4NC(CC5NC(CC(N2)C1C)C(C)C5CCC(=O)OC)C(CCC(=O)OC)C4C)C(CCC(=O)OC)C3C. The zero-order valence-electron chi connectivity index (χ0n) is 33.0. The van der Waals surface area contributed by atoms with Crippen molar-refractivity contribution in [3.63, 3.8) is 0 Å². The van der Waals surface area contributed by atoms with Crippen LogP contribution in [0.5, 0.6) is 0 Å². The Morgan fingerprint density at radius 3 is 0.788 bits per heavy atom. The second-order valence-corrected chi connectivity index (χ2v) is 17.0. The first kappa shape index (κ1) is 40.9. The summed E-state index contributed by atoms with van der Waals surface area (Å²) in [6.07, 6.45) is 8.47. The number of hydrogen-bond acceptors (Lipinski definition) is 12. The molecule has 5 fully saturated rings. The topological polar surface area (TPSA) is 153 Å². The third-order valence-corrected chi connectivity index (χ3v) is 14.7. The molecule has 0 aromatic heterocycles. The van der Waals surface area contributed by atoms with Gasteiger partial charge in [0.1, 0.15) is 0 Å². The Morgan fingerprint density at radius 2 is 0.577 bits per heavy atom. The highest BCUT2D eigenvalue weighted by Crippen LogP contribution is 2.45. The van der Waals surface area contributed by atoms with E-state index in [4.69, 9.17) is 18.9 Å². The zero-order valence-corrected chi connectivity index (χ0v) is 33.0. The van der Waals surface area contributed by atoms with E-state index in [0.29, 0.717) is 73.0 Å². The molecular formula is C40H68N4O8. The molecule has 0 aromatic rings. The molecule has 5 rings (SSSR count). The molecule has 12 heteroatoms. The molecule has 0 amide bonds. The summed E-state index contributed by atoms with van der Waals surface area (Å²) in [6, 6.07) is 1.96. The van der Waals surface area contributed by atoms with Crippen LogP contribution < -0.4 is 21.3 Å². The molecule has 0 spiro atoms. The van der Waals surface area contributed by atoms with Crippen LogP contribution in [0.3, 0.4) is 0 Å². The Kier molecular flexibility index (Phi) is 14.4. The lowest BCUT2D eigenvalue weighted by atomic mass is 9.76. The van der Waals surface area contributed by atoms with E-state index in [0.717, 1.165) is 51.4 Å². The van der Waals surface area contributed by atoms with Crippen molar-refractivity contribution in [2.75, 3.05) is 28.4 Å². The summed E-state index contributed by atoms with van der Waals surface area (Å²) < 4.78 is 20.3. The zero-order chi connectivity index (χ0) is 37.7. The van der Waals surface area contributed by atoms with Gasteiger partial charge in [-0.25, -0.2) is 0 Å². The van der Waals surface area contributed by atoms with Crippen LogP contribution in [-0.2, 0) is 38.1 Å². The van der Waals surface area contributed by atoms with Gasteiger partial charge in [0.05, 0.1) is 28.4 Å². The van der Waals surface area contributed by atoms with E-state index < -0.39 is 0 Å². The first-order valence-corrected chi connectivity index (χ1v) is 20.2. The van der Waals surface area contributed by atoms with Gasteiger partial charge < -0.3 is 40.2 Å². The van der Waals surface area contributed by atoms with Gasteiger partial charge in [0.25, 0.3) is 0 Å². The number of methoxy groups -OCH3 is 4. The molecule has 16 unspecified atom stereocenters. The number of esters is 4. The summed E-state index contributed by atoms with van der Waals surface area (Å²) in [7, 11) is 5.85. The van der Waals surface area contributed by atoms with E-state index in [1.54, 1.807) is 0 Å². The van der Waals surface area contributed by atoms with Gasteiger partial charge in [-0.05, 0) is 98.7 Å². The Balaban J connectivity index is 1.48. The van der Waals surface area contributed by atoms with E-state index >= 15 is 0 Å². The van der Waals surface area contributed by atoms with Crippen molar-refractivity contribution in [2.24, 2.45) is 47.3 Å². The normalized spacial score (nSPS) is 41.4. The Labute approximate surface area is 311 Å². The number of fused-ring (bicyclic) bond motifs is 8. The predicted molar refractivity (Wildman–Crippen MR) is 197 cm³/mol. The molecule has 5 saturated heterocycles. The van der Waals surface area contributed by atoms with Gasteiger partial charge in [-0.2, -0.15) is 0 Å². The first-order chi connectivity index (χ1) is 24.9. The monoisotopic (exact) mass is 733 g/mol. The van der Waals surface area contributed by atoms with Crippen molar-refractivity contribution in [1.82, 2.24) is 21.3 Å². The van der Waals surface area contributed by atoms with Crippen LogP contribution in [-0.4, -0.2) is 101 Å². The summed E-state index contributed by atoms with van der Waals surface area (Å²) in [5.74, 6) is 2.01. The van der Waals surface area contributed by atoms with Gasteiger partial charge >= 0.3 is 23.9 Å². The third kappa shape index (κ3) is 9.32.